The van der Waals surface area contributed by atoms with Crippen molar-refractivity contribution in [1.29, 1.82) is 0 Å². The van der Waals surface area contributed by atoms with Crippen LogP contribution in [0.5, 0.6) is 0 Å². The molecule has 1 aromatic heterocycles. The van der Waals surface area contributed by atoms with E-state index in [9.17, 15) is 4.79 Å². The van der Waals surface area contributed by atoms with Gasteiger partial charge < -0.3 is 5.32 Å². The fourth-order valence-electron chi connectivity index (χ4n) is 4.79. The van der Waals surface area contributed by atoms with Gasteiger partial charge in [-0.05, 0) is 49.4 Å². The molecule has 0 spiro atoms. The Morgan fingerprint density at radius 1 is 1.28 bits per heavy atom. The van der Waals surface area contributed by atoms with Gasteiger partial charge in [-0.15, -0.1) is 0 Å². The Labute approximate surface area is 106 Å². The zero-order chi connectivity index (χ0) is 12.1. The molecule has 3 saturated carbocycles. The molecule has 1 amide bonds. The van der Waals surface area contributed by atoms with Crippen LogP contribution in [-0.2, 0) is 0 Å². The van der Waals surface area contributed by atoms with E-state index >= 15 is 0 Å². The van der Waals surface area contributed by atoms with E-state index in [1.54, 1.807) is 0 Å². The van der Waals surface area contributed by atoms with E-state index in [0.717, 1.165) is 23.7 Å². The minimum Gasteiger partial charge on any atom is -0.346 e. The average Bonchev–Trinajstić information content (AvgIpc) is 3.11. The molecule has 3 fully saturated rings. The monoisotopic (exact) mass is 246 g/mol. The highest BCUT2D eigenvalue weighted by atomic mass is 16.2. The first kappa shape index (κ1) is 10.5. The largest absolute Gasteiger partial charge is 0.346 e. The van der Waals surface area contributed by atoms with Gasteiger partial charge in [0.05, 0.1) is 0 Å². The van der Waals surface area contributed by atoms with Crippen LogP contribution in [0.1, 0.15) is 42.7 Å². The Balaban J connectivity index is 1.47. The van der Waals surface area contributed by atoms with Crippen molar-refractivity contribution >= 4 is 5.91 Å². The summed E-state index contributed by atoms with van der Waals surface area (Å²) in [6, 6.07) is 0.368. The predicted octanol–water partition coefficient (Wildman–Crippen LogP) is 1.36. The predicted molar refractivity (Wildman–Crippen MR) is 64.7 cm³/mol. The van der Waals surface area contributed by atoms with Crippen LogP contribution in [-0.4, -0.2) is 27.1 Å². The number of hydrogen-bond acceptors (Lipinski definition) is 3. The van der Waals surface area contributed by atoms with Gasteiger partial charge in [0.2, 0.25) is 5.82 Å². The number of carbonyl (C=O) groups excluding carboxylic acids is 1. The molecule has 1 heterocycles. The molecule has 3 aliphatic rings. The molecule has 5 nitrogen and oxygen atoms in total. The summed E-state index contributed by atoms with van der Waals surface area (Å²) in [6.07, 6.45) is 8.07. The molecule has 96 valence electrons. The van der Waals surface area contributed by atoms with E-state index in [1.807, 2.05) is 0 Å². The summed E-state index contributed by atoms with van der Waals surface area (Å²) in [5.41, 5.74) is 0. The molecular formula is C13H18N4O. The number of hydrogen-bond donors (Lipinski definition) is 2. The second-order valence-corrected chi connectivity index (χ2v) is 6.07. The number of rotatable bonds is 2. The van der Waals surface area contributed by atoms with Gasteiger partial charge in [0.1, 0.15) is 6.33 Å². The Kier molecular flexibility index (Phi) is 2.22. The van der Waals surface area contributed by atoms with Crippen molar-refractivity contribution in [3.63, 3.8) is 0 Å². The Morgan fingerprint density at radius 3 is 3.00 bits per heavy atom. The molecule has 0 saturated heterocycles. The lowest BCUT2D eigenvalue weighted by atomic mass is 9.79. The fraction of sp³-hybridized carbons (Fsp3) is 0.769. The first-order valence-corrected chi connectivity index (χ1v) is 6.99. The minimum atomic E-state index is -0.0976. The maximum absolute atomic E-state index is 12.0. The van der Waals surface area contributed by atoms with Gasteiger partial charge in [0.15, 0.2) is 0 Å². The molecule has 18 heavy (non-hydrogen) atoms. The molecular weight excluding hydrogens is 228 g/mol. The van der Waals surface area contributed by atoms with Crippen LogP contribution in [0.4, 0.5) is 0 Å². The molecule has 5 heteroatoms. The third-order valence-electron chi connectivity index (χ3n) is 5.38. The molecule has 2 bridgehead atoms. The summed E-state index contributed by atoms with van der Waals surface area (Å²) < 4.78 is 0. The highest BCUT2D eigenvalue weighted by Crippen LogP contribution is 2.58. The summed E-state index contributed by atoms with van der Waals surface area (Å²) >= 11 is 0. The van der Waals surface area contributed by atoms with Gasteiger partial charge in [-0.25, -0.2) is 4.98 Å². The van der Waals surface area contributed by atoms with Crippen LogP contribution in [0.25, 0.3) is 0 Å². The second kappa shape index (κ2) is 3.80. The van der Waals surface area contributed by atoms with Crippen LogP contribution in [0.3, 0.4) is 0 Å². The van der Waals surface area contributed by atoms with E-state index in [0.29, 0.717) is 11.9 Å². The van der Waals surface area contributed by atoms with Crippen LogP contribution < -0.4 is 5.32 Å². The van der Waals surface area contributed by atoms with E-state index in [4.69, 9.17) is 0 Å². The average molecular weight is 246 g/mol. The van der Waals surface area contributed by atoms with Gasteiger partial charge in [0.25, 0.3) is 5.91 Å². The maximum atomic E-state index is 12.0. The van der Waals surface area contributed by atoms with Crippen LogP contribution in [0.2, 0.25) is 0 Å². The summed E-state index contributed by atoms with van der Waals surface area (Å²) in [5.74, 6) is 3.66. The molecule has 5 unspecified atom stereocenters. The lowest BCUT2D eigenvalue weighted by Crippen LogP contribution is -2.42. The number of nitrogens with zero attached hydrogens (tertiary/aromatic N) is 2. The van der Waals surface area contributed by atoms with E-state index < -0.39 is 0 Å². The van der Waals surface area contributed by atoms with Crippen molar-refractivity contribution in [3.8, 4) is 0 Å². The van der Waals surface area contributed by atoms with Gasteiger partial charge in [-0.3, -0.25) is 9.89 Å². The molecule has 5 atom stereocenters. The van der Waals surface area contributed by atoms with Gasteiger partial charge in [-0.1, -0.05) is 6.42 Å². The minimum absolute atomic E-state index is 0.0976. The summed E-state index contributed by atoms with van der Waals surface area (Å²) in [5, 5.41) is 9.50. The standard InChI is InChI=1S/C13H18N4O/c18-13(12-14-6-15-17-12)16-11-5-7-4-10(11)9-3-1-2-8(7)9/h6-11H,1-5H2,(H,16,18)(H,14,15,17). The van der Waals surface area contributed by atoms with Crippen LogP contribution in [0, 0.1) is 23.7 Å². The van der Waals surface area contributed by atoms with Gasteiger partial charge in [-0.2, -0.15) is 5.10 Å². The zero-order valence-electron chi connectivity index (χ0n) is 10.3. The second-order valence-electron chi connectivity index (χ2n) is 6.07. The highest BCUT2D eigenvalue weighted by molar-refractivity contribution is 5.90. The highest BCUT2D eigenvalue weighted by Gasteiger charge is 2.54. The van der Waals surface area contributed by atoms with Gasteiger partial charge >= 0.3 is 0 Å². The number of carbonyl (C=O) groups is 1. The molecule has 4 rings (SSSR count). The first-order chi connectivity index (χ1) is 8.83. The third kappa shape index (κ3) is 1.42. The Bertz CT molecular complexity index is 458. The maximum Gasteiger partial charge on any atom is 0.288 e. The number of amides is 1. The molecule has 0 aliphatic heterocycles. The normalized spacial score (nSPS) is 41.0. The Morgan fingerprint density at radius 2 is 2.17 bits per heavy atom. The molecule has 0 radical (unpaired) electrons. The molecule has 1 aromatic rings. The van der Waals surface area contributed by atoms with Crippen molar-refractivity contribution in [1.82, 2.24) is 20.5 Å². The third-order valence-corrected chi connectivity index (χ3v) is 5.38. The van der Waals surface area contributed by atoms with Crippen LogP contribution in [0.15, 0.2) is 6.33 Å². The molecule has 0 aromatic carbocycles. The summed E-state index contributed by atoms with van der Waals surface area (Å²) in [6.45, 7) is 0. The van der Waals surface area contributed by atoms with Crippen molar-refractivity contribution in [3.05, 3.63) is 12.2 Å². The van der Waals surface area contributed by atoms with Crippen molar-refractivity contribution in [2.75, 3.05) is 0 Å². The van der Waals surface area contributed by atoms with Crippen LogP contribution >= 0.6 is 0 Å². The van der Waals surface area contributed by atoms with Gasteiger partial charge in [0, 0.05) is 6.04 Å². The number of aromatic amines is 1. The van der Waals surface area contributed by atoms with Crippen molar-refractivity contribution in [2.24, 2.45) is 23.7 Å². The SMILES string of the molecule is O=C(NC1CC2CC1C1CCCC21)c1ncn[nH]1. The Hall–Kier alpha value is -1.39. The summed E-state index contributed by atoms with van der Waals surface area (Å²) in [4.78, 5) is 15.9. The van der Waals surface area contributed by atoms with Crippen molar-refractivity contribution in [2.45, 2.75) is 38.1 Å². The van der Waals surface area contributed by atoms with E-state index in [1.165, 1.54) is 38.4 Å². The topological polar surface area (TPSA) is 70.7 Å². The lowest BCUT2D eigenvalue weighted by Gasteiger charge is -2.31. The lowest BCUT2D eigenvalue weighted by molar-refractivity contribution is 0.0891. The smallest absolute Gasteiger partial charge is 0.288 e. The fourth-order valence-corrected chi connectivity index (χ4v) is 4.79. The molecule has 2 N–H and O–H groups in total. The van der Waals surface area contributed by atoms with Crippen molar-refractivity contribution < 1.29 is 4.79 Å². The number of H-pyrrole nitrogens is 1. The zero-order valence-corrected chi connectivity index (χ0v) is 10.3. The molecule has 3 aliphatic carbocycles. The number of nitrogens with one attached hydrogen (secondary N) is 2. The number of aromatic nitrogens is 3. The summed E-state index contributed by atoms with van der Waals surface area (Å²) in [7, 11) is 0. The quantitative estimate of drug-likeness (QED) is 0.827. The first-order valence-electron chi connectivity index (χ1n) is 6.99. The van der Waals surface area contributed by atoms with E-state index in [2.05, 4.69) is 20.5 Å². The number of fused-ring (bicyclic) bond motifs is 5. The van der Waals surface area contributed by atoms with E-state index in [-0.39, 0.29) is 5.91 Å².